The van der Waals surface area contributed by atoms with E-state index in [-0.39, 0.29) is 12.1 Å². The van der Waals surface area contributed by atoms with Crippen LogP contribution in [0, 0.1) is 0 Å². The van der Waals surface area contributed by atoms with Gasteiger partial charge < -0.3 is 10.2 Å². The zero-order valence-corrected chi connectivity index (χ0v) is 23.7. The summed E-state index contributed by atoms with van der Waals surface area (Å²) in [6.07, 6.45) is 12.8. The highest BCUT2D eigenvalue weighted by Crippen LogP contribution is 2.30. The Bertz CT molecular complexity index is 1380. The van der Waals surface area contributed by atoms with E-state index in [1.807, 2.05) is 62.5 Å². The third-order valence-corrected chi connectivity index (χ3v) is 6.76. The smallest absolute Gasteiger partial charge is 0.208 e. The number of aromatic nitrogens is 2. The van der Waals surface area contributed by atoms with Crippen molar-refractivity contribution < 1.29 is 8.42 Å². The Kier molecular flexibility index (Phi) is 9.77. The van der Waals surface area contributed by atoms with Crippen LogP contribution < -0.4 is 10.0 Å². The van der Waals surface area contributed by atoms with Crippen molar-refractivity contribution >= 4 is 33.2 Å². The van der Waals surface area contributed by atoms with Gasteiger partial charge in [0.25, 0.3) is 0 Å². The number of nitrogens with one attached hydrogen (secondary N) is 2. The van der Waals surface area contributed by atoms with Gasteiger partial charge in [-0.3, -0.25) is 4.99 Å². The summed E-state index contributed by atoms with van der Waals surface area (Å²) in [5.41, 5.74) is 5.41. The Balaban J connectivity index is 2.04. The molecule has 0 aliphatic heterocycles. The zero-order valence-electron chi connectivity index (χ0n) is 22.9. The molecule has 2 N–H and O–H groups in total. The summed E-state index contributed by atoms with van der Waals surface area (Å²) < 4.78 is 26.2. The van der Waals surface area contributed by atoms with Crippen molar-refractivity contribution in [3.63, 3.8) is 0 Å². The average molecular weight is 535 g/mol. The molecule has 0 saturated heterocycles. The van der Waals surface area contributed by atoms with Crippen LogP contribution in [-0.2, 0) is 10.0 Å². The standard InChI is InChI=1S/C29H38N6O2S/c1-8-21(19-35(5)6)22-10-9-11-23(15-22)28-31-18-27(24(17-30-4)14-20(2)3)29(33-28)32-25-12-13-26(16-25)34-38(7,36)37/h8-11,14-15,17-19,25-26,34H,1-2,12-13,16H2,3-7H3,(H,31,32,33)/b21-19+,24-14+,30-17?/t25-,26-/m0/s1. The Labute approximate surface area is 227 Å². The van der Waals surface area contributed by atoms with E-state index >= 15 is 0 Å². The lowest BCUT2D eigenvalue weighted by Crippen LogP contribution is -2.33. The predicted molar refractivity (Wildman–Crippen MR) is 160 cm³/mol. The molecule has 2 atom stereocenters. The van der Waals surface area contributed by atoms with E-state index in [0.29, 0.717) is 18.1 Å². The van der Waals surface area contributed by atoms with Crippen molar-refractivity contribution in [3.8, 4) is 11.4 Å². The lowest BCUT2D eigenvalue weighted by molar-refractivity contribution is 0.556. The van der Waals surface area contributed by atoms with E-state index in [1.165, 1.54) is 6.26 Å². The predicted octanol–water partition coefficient (Wildman–Crippen LogP) is 4.77. The molecule has 0 radical (unpaired) electrons. The molecule has 3 rings (SSSR count). The van der Waals surface area contributed by atoms with Crippen LogP contribution in [-0.4, -0.2) is 69.0 Å². The number of aliphatic imine (C=N–C) groups is 1. The highest BCUT2D eigenvalue weighted by atomic mass is 32.2. The summed E-state index contributed by atoms with van der Waals surface area (Å²) in [5, 5.41) is 3.57. The van der Waals surface area contributed by atoms with Gasteiger partial charge in [0.05, 0.1) is 6.26 Å². The van der Waals surface area contributed by atoms with Gasteiger partial charge in [-0.05, 0) is 43.4 Å². The van der Waals surface area contributed by atoms with E-state index in [4.69, 9.17) is 9.97 Å². The fraction of sp³-hybridized carbons (Fsp3) is 0.345. The normalized spacial score (nSPS) is 18.6. The summed E-state index contributed by atoms with van der Waals surface area (Å²) in [6.45, 7) is 9.90. The molecule has 0 spiro atoms. The molecule has 1 aromatic carbocycles. The zero-order chi connectivity index (χ0) is 27.9. The van der Waals surface area contributed by atoms with Gasteiger partial charge >= 0.3 is 0 Å². The Hall–Kier alpha value is -3.56. The maximum absolute atomic E-state index is 11.7. The van der Waals surface area contributed by atoms with E-state index < -0.39 is 10.0 Å². The summed E-state index contributed by atoms with van der Waals surface area (Å²) in [5.74, 6) is 1.25. The molecule has 2 aromatic rings. The van der Waals surface area contributed by atoms with Gasteiger partial charge in [-0.25, -0.2) is 23.1 Å². The first kappa shape index (κ1) is 29.0. The van der Waals surface area contributed by atoms with Crippen molar-refractivity contribution in [3.05, 3.63) is 78.7 Å². The summed E-state index contributed by atoms with van der Waals surface area (Å²) >= 11 is 0. The first-order chi connectivity index (χ1) is 18.0. The number of anilines is 1. The second kappa shape index (κ2) is 12.8. The summed E-state index contributed by atoms with van der Waals surface area (Å²) in [6, 6.07) is 8.01. The van der Waals surface area contributed by atoms with E-state index in [0.717, 1.165) is 46.3 Å². The third kappa shape index (κ3) is 8.22. The van der Waals surface area contributed by atoms with Crippen LogP contribution in [0.5, 0.6) is 0 Å². The van der Waals surface area contributed by atoms with Crippen LogP contribution in [0.2, 0.25) is 0 Å². The van der Waals surface area contributed by atoms with E-state index in [9.17, 15) is 8.42 Å². The molecule has 9 heteroatoms. The number of nitrogens with zero attached hydrogens (tertiary/aromatic N) is 4. The molecule has 38 heavy (non-hydrogen) atoms. The first-order valence-corrected chi connectivity index (χ1v) is 14.4. The molecule has 1 aromatic heterocycles. The molecule has 1 heterocycles. The quantitative estimate of drug-likeness (QED) is 0.318. The molecular formula is C29H38N6O2S. The minimum absolute atomic E-state index is 0.0575. The van der Waals surface area contributed by atoms with Crippen molar-refractivity contribution in [2.75, 3.05) is 32.7 Å². The van der Waals surface area contributed by atoms with Crippen molar-refractivity contribution in [1.29, 1.82) is 0 Å². The van der Waals surface area contributed by atoms with Gasteiger partial charge in [-0.2, -0.15) is 0 Å². The number of hydrogen-bond acceptors (Lipinski definition) is 7. The van der Waals surface area contributed by atoms with Crippen LogP contribution in [0.4, 0.5) is 5.82 Å². The minimum Gasteiger partial charge on any atom is -0.383 e. The topological polar surface area (TPSA) is 99.6 Å². The summed E-state index contributed by atoms with van der Waals surface area (Å²) in [4.78, 5) is 15.9. The largest absolute Gasteiger partial charge is 0.383 e. The monoisotopic (exact) mass is 534 g/mol. The van der Waals surface area contributed by atoms with Crippen LogP contribution in [0.3, 0.4) is 0 Å². The molecule has 1 aliphatic carbocycles. The number of allylic oxidation sites excluding steroid dienone is 5. The second-order valence-electron chi connectivity index (χ2n) is 9.86. The van der Waals surface area contributed by atoms with Gasteiger partial charge in [0.2, 0.25) is 10.0 Å². The van der Waals surface area contributed by atoms with Gasteiger partial charge in [-0.1, -0.05) is 49.1 Å². The highest BCUT2D eigenvalue weighted by molar-refractivity contribution is 7.88. The lowest BCUT2D eigenvalue weighted by atomic mass is 10.0. The van der Waals surface area contributed by atoms with Crippen LogP contribution in [0.1, 0.15) is 37.3 Å². The summed E-state index contributed by atoms with van der Waals surface area (Å²) in [7, 11) is 2.40. The van der Waals surface area contributed by atoms with Gasteiger partial charge in [0, 0.05) is 68.5 Å². The first-order valence-electron chi connectivity index (χ1n) is 12.5. The molecule has 1 saturated carbocycles. The lowest BCUT2D eigenvalue weighted by Gasteiger charge is -2.18. The van der Waals surface area contributed by atoms with Crippen molar-refractivity contribution in [2.24, 2.45) is 4.99 Å². The molecule has 0 unspecified atom stereocenters. The molecule has 8 nitrogen and oxygen atoms in total. The maximum atomic E-state index is 11.7. The Morgan fingerprint density at radius 1 is 1.21 bits per heavy atom. The third-order valence-electron chi connectivity index (χ3n) is 6.00. The van der Waals surface area contributed by atoms with Crippen molar-refractivity contribution in [1.82, 2.24) is 19.6 Å². The SMILES string of the molecule is C=C/C(=C\N(C)C)c1cccc(-c2ncc(/C(C=NC)=C/C(=C)C)c(N[C@H]3CC[C@H](NS(C)(=O)=O)C3)n2)c1. The van der Waals surface area contributed by atoms with Gasteiger partial charge in [0.1, 0.15) is 5.82 Å². The number of rotatable bonds is 11. The van der Waals surface area contributed by atoms with E-state index in [1.54, 1.807) is 19.5 Å². The maximum Gasteiger partial charge on any atom is 0.208 e. The Morgan fingerprint density at radius 2 is 1.95 bits per heavy atom. The van der Waals surface area contributed by atoms with Gasteiger partial charge in [-0.15, -0.1) is 0 Å². The molecule has 0 amide bonds. The Morgan fingerprint density at radius 3 is 2.58 bits per heavy atom. The van der Waals surface area contributed by atoms with Crippen LogP contribution >= 0.6 is 0 Å². The second-order valence-corrected chi connectivity index (χ2v) is 11.6. The number of benzene rings is 1. The molecule has 202 valence electrons. The molecule has 1 fully saturated rings. The van der Waals surface area contributed by atoms with Gasteiger partial charge in [0.15, 0.2) is 5.82 Å². The number of hydrogen-bond donors (Lipinski definition) is 2. The molecular weight excluding hydrogens is 496 g/mol. The fourth-order valence-electron chi connectivity index (χ4n) is 4.51. The molecule has 0 bridgehead atoms. The van der Waals surface area contributed by atoms with E-state index in [2.05, 4.69) is 34.3 Å². The average Bonchev–Trinajstić information content (AvgIpc) is 3.26. The van der Waals surface area contributed by atoms with Crippen LogP contribution in [0.25, 0.3) is 22.5 Å². The molecule has 1 aliphatic rings. The fourth-order valence-corrected chi connectivity index (χ4v) is 5.33. The van der Waals surface area contributed by atoms with Crippen LogP contribution in [0.15, 0.2) is 72.5 Å². The van der Waals surface area contributed by atoms with Crippen molar-refractivity contribution in [2.45, 2.75) is 38.3 Å². The number of sulfonamides is 1. The minimum atomic E-state index is -3.26. The highest BCUT2D eigenvalue weighted by Gasteiger charge is 2.28.